The summed E-state index contributed by atoms with van der Waals surface area (Å²) in [5.41, 5.74) is 0.630. The Morgan fingerprint density at radius 2 is 1.94 bits per heavy atom. The zero-order chi connectivity index (χ0) is 12.0. The number of unbranched alkanes of at least 4 members (excludes halogenated alkanes) is 1. The Morgan fingerprint density at radius 1 is 1.25 bits per heavy atom. The summed E-state index contributed by atoms with van der Waals surface area (Å²) in [6.07, 6.45) is 8.53. The highest BCUT2D eigenvalue weighted by atomic mass is 14.9. The number of nitrogens with one attached hydrogen (secondary N) is 1. The molecule has 0 aliphatic heterocycles. The zero-order valence-corrected chi connectivity index (χ0v) is 11.8. The van der Waals surface area contributed by atoms with E-state index in [1.54, 1.807) is 0 Å². The van der Waals surface area contributed by atoms with Crippen molar-refractivity contribution in [1.82, 2.24) is 5.32 Å². The molecule has 1 unspecified atom stereocenters. The molecule has 1 atom stereocenters. The summed E-state index contributed by atoms with van der Waals surface area (Å²) in [6, 6.07) is 0. The van der Waals surface area contributed by atoms with E-state index in [1.165, 1.54) is 51.6 Å². The normalized spacial score (nSPS) is 20.1. The maximum Gasteiger partial charge on any atom is 0.00105 e. The fourth-order valence-corrected chi connectivity index (χ4v) is 2.86. The van der Waals surface area contributed by atoms with Gasteiger partial charge in [0.05, 0.1) is 0 Å². The first-order valence-corrected chi connectivity index (χ1v) is 7.35. The van der Waals surface area contributed by atoms with Gasteiger partial charge in [0.1, 0.15) is 0 Å². The molecule has 0 bridgehead atoms. The van der Waals surface area contributed by atoms with E-state index in [0.717, 1.165) is 11.8 Å². The van der Waals surface area contributed by atoms with E-state index in [9.17, 15) is 0 Å². The van der Waals surface area contributed by atoms with Gasteiger partial charge in [-0.25, -0.2) is 0 Å². The summed E-state index contributed by atoms with van der Waals surface area (Å²) in [5, 5.41) is 3.71. The van der Waals surface area contributed by atoms with E-state index < -0.39 is 0 Å². The summed E-state index contributed by atoms with van der Waals surface area (Å²) >= 11 is 0. The van der Waals surface area contributed by atoms with Gasteiger partial charge in [-0.05, 0) is 49.5 Å². The van der Waals surface area contributed by atoms with Crippen molar-refractivity contribution >= 4 is 0 Å². The molecular weight excluding hydrogens is 194 g/mol. The van der Waals surface area contributed by atoms with Crippen molar-refractivity contribution in [2.75, 3.05) is 13.1 Å². The lowest BCUT2D eigenvalue weighted by atomic mass is 9.75. The molecular formula is C15H31N. The predicted octanol–water partition coefficient (Wildman–Crippen LogP) is 4.23. The van der Waals surface area contributed by atoms with Crippen molar-refractivity contribution in [1.29, 1.82) is 0 Å². The van der Waals surface area contributed by atoms with Gasteiger partial charge < -0.3 is 5.32 Å². The quantitative estimate of drug-likeness (QED) is 0.619. The minimum Gasteiger partial charge on any atom is -0.316 e. The van der Waals surface area contributed by atoms with Crippen molar-refractivity contribution in [3.63, 3.8) is 0 Å². The average molecular weight is 225 g/mol. The molecule has 1 saturated carbocycles. The van der Waals surface area contributed by atoms with Crippen LogP contribution in [0.2, 0.25) is 0 Å². The summed E-state index contributed by atoms with van der Waals surface area (Å²) in [7, 11) is 0. The van der Waals surface area contributed by atoms with Gasteiger partial charge >= 0.3 is 0 Å². The smallest absolute Gasteiger partial charge is 0.00105 e. The minimum atomic E-state index is 0.630. The molecule has 1 nitrogen and oxygen atoms in total. The van der Waals surface area contributed by atoms with E-state index >= 15 is 0 Å². The van der Waals surface area contributed by atoms with E-state index in [1.807, 2.05) is 0 Å². The van der Waals surface area contributed by atoms with Crippen molar-refractivity contribution in [3.8, 4) is 0 Å². The number of hydrogen-bond acceptors (Lipinski definition) is 1. The third-order valence-corrected chi connectivity index (χ3v) is 4.21. The standard InChI is InChI=1S/C15H31N/c1-5-7-10-15(6-2,14-8-9-14)12-16-11-13(3)4/h13-14,16H,5-12H2,1-4H3. The van der Waals surface area contributed by atoms with Crippen molar-refractivity contribution in [3.05, 3.63) is 0 Å². The van der Waals surface area contributed by atoms with Gasteiger partial charge in [-0.1, -0.05) is 40.5 Å². The highest BCUT2D eigenvalue weighted by Crippen LogP contribution is 2.50. The topological polar surface area (TPSA) is 12.0 Å². The van der Waals surface area contributed by atoms with Gasteiger partial charge in [0.25, 0.3) is 0 Å². The maximum atomic E-state index is 3.71. The van der Waals surface area contributed by atoms with Gasteiger partial charge in [-0.15, -0.1) is 0 Å². The van der Waals surface area contributed by atoms with Crippen LogP contribution in [0.25, 0.3) is 0 Å². The Hall–Kier alpha value is -0.0400. The predicted molar refractivity (Wildman–Crippen MR) is 72.7 cm³/mol. The molecule has 0 aromatic rings. The molecule has 1 aliphatic rings. The fourth-order valence-electron chi connectivity index (χ4n) is 2.86. The Morgan fingerprint density at radius 3 is 2.38 bits per heavy atom. The molecule has 1 fully saturated rings. The first kappa shape index (κ1) is 14.0. The number of rotatable bonds is 9. The van der Waals surface area contributed by atoms with Gasteiger partial charge in [-0.3, -0.25) is 0 Å². The van der Waals surface area contributed by atoms with Crippen LogP contribution in [-0.4, -0.2) is 13.1 Å². The van der Waals surface area contributed by atoms with Crippen LogP contribution in [0.5, 0.6) is 0 Å². The minimum absolute atomic E-state index is 0.630. The average Bonchev–Trinajstić information content (AvgIpc) is 3.07. The molecule has 1 aliphatic carbocycles. The maximum absolute atomic E-state index is 3.71. The molecule has 1 heteroatoms. The molecule has 0 radical (unpaired) electrons. The molecule has 0 aromatic heterocycles. The van der Waals surface area contributed by atoms with Crippen molar-refractivity contribution in [2.45, 2.75) is 66.2 Å². The zero-order valence-electron chi connectivity index (χ0n) is 11.8. The van der Waals surface area contributed by atoms with Gasteiger partial charge in [0, 0.05) is 6.54 Å². The molecule has 16 heavy (non-hydrogen) atoms. The van der Waals surface area contributed by atoms with Crippen molar-refractivity contribution < 1.29 is 0 Å². The van der Waals surface area contributed by atoms with Crippen molar-refractivity contribution in [2.24, 2.45) is 17.3 Å². The largest absolute Gasteiger partial charge is 0.316 e. The summed E-state index contributed by atoms with van der Waals surface area (Å²) in [5.74, 6) is 1.81. The Labute approximate surface area is 102 Å². The van der Waals surface area contributed by atoms with Crippen LogP contribution in [0.1, 0.15) is 66.2 Å². The van der Waals surface area contributed by atoms with Gasteiger partial charge in [0.15, 0.2) is 0 Å². The van der Waals surface area contributed by atoms with Gasteiger partial charge in [0.2, 0.25) is 0 Å². The molecule has 0 aromatic carbocycles. The highest BCUT2D eigenvalue weighted by Gasteiger charge is 2.42. The summed E-state index contributed by atoms with van der Waals surface area (Å²) in [4.78, 5) is 0. The molecule has 0 amide bonds. The van der Waals surface area contributed by atoms with E-state index in [4.69, 9.17) is 0 Å². The lowest BCUT2D eigenvalue weighted by molar-refractivity contribution is 0.189. The third-order valence-electron chi connectivity index (χ3n) is 4.21. The monoisotopic (exact) mass is 225 g/mol. The van der Waals surface area contributed by atoms with Crippen LogP contribution in [0.15, 0.2) is 0 Å². The van der Waals surface area contributed by atoms with E-state index in [2.05, 4.69) is 33.0 Å². The molecule has 0 heterocycles. The Balaban J connectivity index is 2.41. The molecule has 96 valence electrons. The van der Waals surface area contributed by atoms with E-state index in [0.29, 0.717) is 5.41 Å². The third kappa shape index (κ3) is 4.08. The first-order valence-electron chi connectivity index (χ1n) is 7.35. The van der Waals surface area contributed by atoms with Crippen LogP contribution in [-0.2, 0) is 0 Å². The molecule has 1 N–H and O–H groups in total. The van der Waals surface area contributed by atoms with E-state index in [-0.39, 0.29) is 0 Å². The Kier molecular flexibility index (Phi) is 5.82. The lowest BCUT2D eigenvalue weighted by Gasteiger charge is -2.34. The second-order valence-electron chi connectivity index (χ2n) is 6.12. The van der Waals surface area contributed by atoms with Crippen LogP contribution >= 0.6 is 0 Å². The second kappa shape index (κ2) is 6.64. The lowest BCUT2D eigenvalue weighted by Crippen LogP contribution is -2.37. The van der Waals surface area contributed by atoms with Crippen LogP contribution in [0, 0.1) is 17.3 Å². The summed E-state index contributed by atoms with van der Waals surface area (Å²) in [6.45, 7) is 11.7. The first-order chi connectivity index (χ1) is 7.64. The SMILES string of the molecule is CCCCC(CC)(CNCC(C)C)C1CC1. The van der Waals surface area contributed by atoms with Crippen LogP contribution in [0.3, 0.4) is 0 Å². The Bertz CT molecular complexity index is 184. The molecule has 0 saturated heterocycles. The number of hydrogen-bond donors (Lipinski definition) is 1. The summed E-state index contributed by atoms with van der Waals surface area (Å²) < 4.78 is 0. The van der Waals surface area contributed by atoms with Gasteiger partial charge in [-0.2, -0.15) is 0 Å². The van der Waals surface area contributed by atoms with Crippen LogP contribution in [0.4, 0.5) is 0 Å². The fraction of sp³-hybridized carbons (Fsp3) is 1.00. The van der Waals surface area contributed by atoms with Crippen LogP contribution < -0.4 is 5.32 Å². The second-order valence-corrected chi connectivity index (χ2v) is 6.12. The molecule has 1 rings (SSSR count). The molecule has 0 spiro atoms. The highest BCUT2D eigenvalue weighted by molar-refractivity contribution is 4.94.